The Kier molecular flexibility index (Phi) is 8.31. The van der Waals surface area contributed by atoms with E-state index in [1.54, 1.807) is 10.9 Å². The number of halogens is 5. The average Bonchev–Trinajstić information content (AvgIpc) is 2.74. The van der Waals surface area contributed by atoms with Gasteiger partial charge in [-0.3, -0.25) is 25.2 Å². The van der Waals surface area contributed by atoms with Gasteiger partial charge in [-0.1, -0.05) is 11.6 Å². The lowest BCUT2D eigenvalue weighted by Crippen LogP contribution is -2.43. The minimum atomic E-state index is -2.41. The second-order valence-electron chi connectivity index (χ2n) is 6.66. The first-order valence-electron chi connectivity index (χ1n) is 9.27. The number of hydrogen-bond donors (Lipinski definition) is 3. The minimum Gasteiger partial charge on any atom is -0.356 e. The van der Waals surface area contributed by atoms with Crippen LogP contribution in [0.5, 0.6) is 0 Å². The molecule has 0 heterocycles. The normalized spacial score (nSPS) is 13.4. The smallest absolute Gasteiger partial charge is 0.275 e. The van der Waals surface area contributed by atoms with Gasteiger partial charge < -0.3 is 5.32 Å². The van der Waals surface area contributed by atoms with Crippen molar-refractivity contribution in [1.29, 1.82) is 0 Å². The third-order valence-corrected chi connectivity index (χ3v) is 4.48. The summed E-state index contributed by atoms with van der Waals surface area (Å²) in [6.07, 6.45) is 6.59. The molecule has 0 spiro atoms. The fourth-order valence-corrected chi connectivity index (χ4v) is 2.87. The molecule has 1 aromatic carbocycles. The summed E-state index contributed by atoms with van der Waals surface area (Å²) in [5, 5.41) is 2.64. The third kappa shape index (κ3) is 6.01. The molecule has 30 heavy (non-hydrogen) atoms. The Labute approximate surface area is 168 Å². The zero-order valence-corrected chi connectivity index (χ0v) is 15.8. The van der Waals surface area contributed by atoms with E-state index in [4.69, 9.17) is 0 Å². The van der Waals surface area contributed by atoms with Crippen molar-refractivity contribution in [3.05, 3.63) is 46.3 Å². The van der Waals surface area contributed by atoms with Crippen LogP contribution in [0.15, 0.2) is 11.6 Å². The van der Waals surface area contributed by atoms with Crippen LogP contribution in [-0.4, -0.2) is 24.3 Å². The number of allylic oxidation sites excluding steroid dienone is 1. The lowest BCUT2D eigenvalue weighted by atomic mass is 9.97. The van der Waals surface area contributed by atoms with Crippen LogP contribution in [-0.2, 0) is 9.59 Å². The van der Waals surface area contributed by atoms with Crippen molar-refractivity contribution in [2.45, 2.75) is 44.9 Å². The number of rotatable bonds is 7. The average molecular weight is 433 g/mol. The Morgan fingerprint density at radius 2 is 1.40 bits per heavy atom. The van der Waals surface area contributed by atoms with Crippen molar-refractivity contribution in [3.63, 3.8) is 0 Å². The van der Waals surface area contributed by atoms with E-state index in [2.05, 4.69) is 11.4 Å². The predicted molar refractivity (Wildman–Crippen MR) is 95.3 cm³/mol. The SMILES string of the molecule is O=C(CCC(=O)NNC(=O)c1c(F)c(F)c(F)c(F)c1F)NCCC1=CCCCC1. The van der Waals surface area contributed by atoms with Crippen LogP contribution in [0.1, 0.15) is 55.3 Å². The lowest BCUT2D eigenvalue weighted by Gasteiger charge is -2.13. The summed E-state index contributed by atoms with van der Waals surface area (Å²) in [6.45, 7) is 0.420. The zero-order valence-electron chi connectivity index (χ0n) is 15.8. The molecule has 164 valence electrons. The van der Waals surface area contributed by atoms with Gasteiger partial charge in [0.25, 0.3) is 5.91 Å². The molecule has 11 heteroatoms. The van der Waals surface area contributed by atoms with Crippen molar-refractivity contribution < 1.29 is 36.3 Å². The van der Waals surface area contributed by atoms with E-state index in [0.717, 1.165) is 32.1 Å². The Balaban J connectivity index is 1.76. The molecular weight excluding hydrogens is 413 g/mol. The van der Waals surface area contributed by atoms with E-state index in [1.807, 2.05) is 0 Å². The highest BCUT2D eigenvalue weighted by molar-refractivity contribution is 5.96. The Bertz CT molecular complexity index is 844. The fraction of sp³-hybridized carbons (Fsp3) is 0.421. The van der Waals surface area contributed by atoms with E-state index in [0.29, 0.717) is 6.54 Å². The van der Waals surface area contributed by atoms with Crippen LogP contribution in [0.25, 0.3) is 0 Å². The van der Waals surface area contributed by atoms with Gasteiger partial charge in [0, 0.05) is 19.4 Å². The standard InChI is InChI=1S/C19H20F5N3O3/c20-14-13(15(21)17(23)18(24)16(14)22)19(30)27-26-12(29)7-6-11(28)25-9-8-10-4-2-1-3-5-10/h4H,1-3,5-9H2,(H,25,28)(H,26,29)(H,27,30). The van der Waals surface area contributed by atoms with Crippen molar-refractivity contribution >= 4 is 17.7 Å². The van der Waals surface area contributed by atoms with Crippen molar-refractivity contribution in [2.75, 3.05) is 6.54 Å². The molecule has 6 nitrogen and oxygen atoms in total. The van der Waals surface area contributed by atoms with Gasteiger partial charge in [0.15, 0.2) is 23.3 Å². The number of nitrogens with one attached hydrogen (secondary N) is 3. The topological polar surface area (TPSA) is 87.3 Å². The first-order chi connectivity index (χ1) is 14.2. The van der Waals surface area contributed by atoms with Crippen LogP contribution < -0.4 is 16.2 Å². The number of carbonyl (C=O) groups excluding carboxylic acids is 3. The predicted octanol–water partition coefficient (Wildman–Crippen LogP) is 2.93. The van der Waals surface area contributed by atoms with Crippen molar-refractivity contribution in [3.8, 4) is 0 Å². The zero-order chi connectivity index (χ0) is 22.3. The number of benzene rings is 1. The summed E-state index contributed by atoms with van der Waals surface area (Å²) in [5.74, 6) is -14.7. The molecule has 1 aromatic rings. The fourth-order valence-electron chi connectivity index (χ4n) is 2.87. The molecule has 0 bridgehead atoms. The van der Waals surface area contributed by atoms with Gasteiger partial charge >= 0.3 is 0 Å². The highest BCUT2D eigenvalue weighted by atomic mass is 19.2. The van der Waals surface area contributed by atoms with E-state index in [-0.39, 0.29) is 12.8 Å². The van der Waals surface area contributed by atoms with Gasteiger partial charge in [-0.05, 0) is 32.1 Å². The summed E-state index contributed by atoms with van der Waals surface area (Å²) in [5.41, 5.74) is 2.84. The second-order valence-corrected chi connectivity index (χ2v) is 6.66. The molecule has 0 aromatic heterocycles. The monoisotopic (exact) mass is 433 g/mol. The van der Waals surface area contributed by atoms with E-state index in [1.165, 1.54) is 5.57 Å². The third-order valence-electron chi connectivity index (χ3n) is 4.48. The molecule has 2 rings (SSSR count). The second kappa shape index (κ2) is 10.7. The minimum absolute atomic E-state index is 0.219. The molecule has 1 aliphatic rings. The molecule has 0 radical (unpaired) electrons. The van der Waals surface area contributed by atoms with Crippen LogP contribution in [0.2, 0.25) is 0 Å². The number of carbonyl (C=O) groups is 3. The number of amides is 3. The lowest BCUT2D eigenvalue weighted by molar-refractivity contribution is -0.126. The maximum absolute atomic E-state index is 13.5. The maximum Gasteiger partial charge on any atom is 0.275 e. The van der Waals surface area contributed by atoms with Gasteiger partial charge in [-0.2, -0.15) is 0 Å². The summed E-state index contributed by atoms with van der Waals surface area (Å²) < 4.78 is 66.3. The highest BCUT2D eigenvalue weighted by Crippen LogP contribution is 2.22. The molecule has 0 saturated carbocycles. The van der Waals surface area contributed by atoms with Gasteiger partial charge in [0.2, 0.25) is 17.6 Å². The molecule has 1 aliphatic carbocycles. The first-order valence-corrected chi connectivity index (χ1v) is 9.27. The van der Waals surface area contributed by atoms with Crippen LogP contribution in [0, 0.1) is 29.1 Å². The summed E-state index contributed by atoms with van der Waals surface area (Å²) >= 11 is 0. The Morgan fingerprint density at radius 3 is 2.00 bits per heavy atom. The van der Waals surface area contributed by atoms with Crippen LogP contribution >= 0.6 is 0 Å². The Hall–Kier alpha value is -2.98. The highest BCUT2D eigenvalue weighted by Gasteiger charge is 2.29. The maximum atomic E-state index is 13.5. The van der Waals surface area contributed by atoms with Gasteiger partial charge in [-0.15, -0.1) is 0 Å². The molecule has 3 amide bonds. The van der Waals surface area contributed by atoms with E-state index in [9.17, 15) is 36.3 Å². The molecule has 0 aliphatic heterocycles. The quantitative estimate of drug-likeness (QED) is 0.203. The molecule has 0 fully saturated rings. The summed E-state index contributed by atoms with van der Waals surface area (Å²) in [4.78, 5) is 35.1. The van der Waals surface area contributed by atoms with Gasteiger partial charge in [0.05, 0.1) is 0 Å². The van der Waals surface area contributed by atoms with Crippen molar-refractivity contribution in [2.24, 2.45) is 0 Å². The van der Waals surface area contributed by atoms with E-state index < -0.39 is 52.4 Å². The molecule has 0 saturated heterocycles. The Morgan fingerprint density at radius 1 is 0.800 bits per heavy atom. The summed E-state index contributed by atoms with van der Waals surface area (Å²) in [6, 6.07) is 0. The number of hydrogen-bond acceptors (Lipinski definition) is 3. The first kappa shape index (κ1) is 23.3. The molecule has 0 atom stereocenters. The van der Waals surface area contributed by atoms with Gasteiger partial charge in [-0.25, -0.2) is 22.0 Å². The molecular formula is C19H20F5N3O3. The molecule has 0 unspecified atom stereocenters. The molecule has 3 N–H and O–H groups in total. The van der Waals surface area contributed by atoms with Crippen LogP contribution in [0.3, 0.4) is 0 Å². The van der Waals surface area contributed by atoms with Crippen molar-refractivity contribution in [1.82, 2.24) is 16.2 Å². The van der Waals surface area contributed by atoms with Gasteiger partial charge in [0.1, 0.15) is 5.56 Å². The van der Waals surface area contributed by atoms with E-state index >= 15 is 0 Å². The summed E-state index contributed by atoms with van der Waals surface area (Å²) in [7, 11) is 0. The number of hydrazine groups is 1. The van der Waals surface area contributed by atoms with Crippen LogP contribution in [0.4, 0.5) is 22.0 Å². The largest absolute Gasteiger partial charge is 0.356 e.